The van der Waals surface area contributed by atoms with E-state index in [-0.39, 0.29) is 12.1 Å². The van der Waals surface area contributed by atoms with Gasteiger partial charge < -0.3 is 19.9 Å². The molecule has 1 aromatic carbocycles. The normalized spacial score (nSPS) is 17.5. The number of aliphatic hydroxyl groups is 1. The Labute approximate surface area is 127 Å². The molecule has 1 atom stereocenters. The standard InChI is InChI=1S/C17H27NO3/c1-3-9-18-17(12-19,15-7-8-15)13-21-16-6-4-5-14(10-16)11-20-2/h4-6,10,15,18-19H,3,7-9,11-13H2,1-2H3. The number of methoxy groups -OCH3 is 1. The largest absolute Gasteiger partial charge is 0.492 e. The number of rotatable bonds is 10. The van der Waals surface area contributed by atoms with Gasteiger partial charge in [-0.15, -0.1) is 0 Å². The highest BCUT2D eigenvalue weighted by atomic mass is 16.5. The summed E-state index contributed by atoms with van der Waals surface area (Å²) < 4.78 is 11.1. The van der Waals surface area contributed by atoms with E-state index in [1.54, 1.807) is 7.11 Å². The first-order valence-corrected chi connectivity index (χ1v) is 7.80. The SMILES string of the molecule is CCCNC(CO)(COc1cccc(COC)c1)C1CC1. The fraction of sp³-hybridized carbons (Fsp3) is 0.647. The van der Waals surface area contributed by atoms with E-state index in [4.69, 9.17) is 9.47 Å². The maximum atomic E-state index is 9.87. The number of nitrogens with one attached hydrogen (secondary N) is 1. The highest BCUT2D eigenvalue weighted by Gasteiger charge is 2.45. The third-order valence-electron chi connectivity index (χ3n) is 4.07. The third-order valence-corrected chi connectivity index (χ3v) is 4.07. The van der Waals surface area contributed by atoms with Crippen LogP contribution in [0.5, 0.6) is 5.75 Å². The van der Waals surface area contributed by atoms with Crippen LogP contribution < -0.4 is 10.1 Å². The van der Waals surface area contributed by atoms with Crippen LogP contribution >= 0.6 is 0 Å². The predicted octanol–water partition coefficient (Wildman–Crippen LogP) is 2.35. The molecule has 4 heteroatoms. The van der Waals surface area contributed by atoms with Crippen LogP contribution in [-0.4, -0.2) is 37.5 Å². The molecule has 1 aliphatic carbocycles. The van der Waals surface area contributed by atoms with E-state index in [2.05, 4.69) is 12.2 Å². The smallest absolute Gasteiger partial charge is 0.119 e. The molecular formula is C17H27NO3. The molecule has 1 aliphatic rings. The van der Waals surface area contributed by atoms with Crippen molar-refractivity contribution < 1.29 is 14.6 Å². The molecular weight excluding hydrogens is 266 g/mol. The van der Waals surface area contributed by atoms with E-state index in [1.165, 1.54) is 12.8 Å². The van der Waals surface area contributed by atoms with Gasteiger partial charge in [-0.1, -0.05) is 19.1 Å². The molecule has 0 saturated heterocycles. The second-order valence-corrected chi connectivity index (χ2v) is 5.88. The molecule has 0 radical (unpaired) electrons. The molecule has 0 heterocycles. The van der Waals surface area contributed by atoms with Crippen molar-refractivity contribution in [3.05, 3.63) is 29.8 Å². The molecule has 1 unspecified atom stereocenters. The first kappa shape index (κ1) is 16.3. The number of hydrogen-bond donors (Lipinski definition) is 2. The summed E-state index contributed by atoms with van der Waals surface area (Å²) in [5.41, 5.74) is 0.797. The van der Waals surface area contributed by atoms with Gasteiger partial charge in [0.05, 0.1) is 18.8 Å². The van der Waals surface area contributed by atoms with E-state index in [0.717, 1.165) is 24.3 Å². The summed E-state index contributed by atoms with van der Waals surface area (Å²) in [6, 6.07) is 7.94. The zero-order valence-electron chi connectivity index (χ0n) is 13.1. The molecule has 0 aromatic heterocycles. The summed E-state index contributed by atoms with van der Waals surface area (Å²) in [6.07, 6.45) is 3.40. The van der Waals surface area contributed by atoms with Crippen molar-refractivity contribution in [2.45, 2.75) is 38.3 Å². The van der Waals surface area contributed by atoms with Crippen LogP contribution in [0.25, 0.3) is 0 Å². The zero-order chi connectivity index (χ0) is 15.1. The summed E-state index contributed by atoms with van der Waals surface area (Å²) >= 11 is 0. The minimum absolute atomic E-state index is 0.120. The summed E-state index contributed by atoms with van der Waals surface area (Å²) in [5, 5.41) is 13.4. The second-order valence-electron chi connectivity index (χ2n) is 5.88. The third kappa shape index (κ3) is 4.43. The average molecular weight is 293 g/mol. The fourth-order valence-electron chi connectivity index (χ4n) is 2.66. The maximum Gasteiger partial charge on any atom is 0.119 e. The Morgan fingerprint density at radius 2 is 2.19 bits per heavy atom. The highest BCUT2D eigenvalue weighted by Crippen LogP contribution is 2.40. The van der Waals surface area contributed by atoms with Crippen LogP contribution in [0.15, 0.2) is 24.3 Å². The monoisotopic (exact) mass is 293 g/mol. The lowest BCUT2D eigenvalue weighted by Crippen LogP contribution is -2.55. The molecule has 118 valence electrons. The molecule has 0 bridgehead atoms. The van der Waals surface area contributed by atoms with E-state index < -0.39 is 0 Å². The molecule has 2 N–H and O–H groups in total. The number of benzene rings is 1. The number of ether oxygens (including phenoxy) is 2. The van der Waals surface area contributed by atoms with E-state index in [1.807, 2.05) is 24.3 Å². The van der Waals surface area contributed by atoms with Crippen molar-refractivity contribution in [3.63, 3.8) is 0 Å². The molecule has 21 heavy (non-hydrogen) atoms. The van der Waals surface area contributed by atoms with Gasteiger partial charge >= 0.3 is 0 Å². The molecule has 4 nitrogen and oxygen atoms in total. The van der Waals surface area contributed by atoms with Gasteiger partial charge in [0, 0.05) is 7.11 Å². The van der Waals surface area contributed by atoms with Crippen molar-refractivity contribution in [3.8, 4) is 5.75 Å². The molecule has 0 amide bonds. The van der Waals surface area contributed by atoms with Gasteiger partial charge in [0.1, 0.15) is 12.4 Å². The molecule has 0 spiro atoms. The van der Waals surface area contributed by atoms with E-state index >= 15 is 0 Å². The first-order valence-electron chi connectivity index (χ1n) is 7.80. The van der Waals surface area contributed by atoms with Gasteiger partial charge in [0.2, 0.25) is 0 Å². The highest BCUT2D eigenvalue weighted by molar-refractivity contribution is 5.28. The second kappa shape index (κ2) is 7.78. The van der Waals surface area contributed by atoms with Crippen LogP contribution in [0.2, 0.25) is 0 Å². The van der Waals surface area contributed by atoms with Crippen LogP contribution in [0.3, 0.4) is 0 Å². The Balaban J connectivity index is 1.99. The fourth-order valence-corrected chi connectivity index (χ4v) is 2.66. The van der Waals surface area contributed by atoms with Gasteiger partial charge in [0.25, 0.3) is 0 Å². The van der Waals surface area contributed by atoms with Crippen molar-refractivity contribution in [2.75, 3.05) is 26.9 Å². The van der Waals surface area contributed by atoms with Crippen LogP contribution in [0.4, 0.5) is 0 Å². The minimum Gasteiger partial charge on any atom is -0.492 e. The lowest BCUT2D eigenvalue weighted by atomic mass is 9.95. The van der Waals surface area contributed by atoms with Crippen molar-refractivity contribution in [1.82, 2.24) is 5.32 Å². The van der Waals surface area contributed by atoms with Crippen molar-refractivity contribution in [1.29, 1.82) is 0 Å². The summed E-state index contributed by atoms with van der Waals surface area (Å²) in [7, 11) is 1.69. The van der Waals surface area contributed by atoms with Crippen molar-refractivity contribution >= 4 is 0 Å². The summed E-state index contributed by atoms with van der Waals surface area (Å²) in [5.74, 6) is 1.36. The lowest BCUT2D eigenvalue weighted by Gasteiger charge is -2.33. The lowest BCUT2D eigenvalue weighted by molar-refractivity contribution is 0.0849. The van der Waals surface area contributed by atoms with Crippen LogP contribution in [0, 0.1) is 5.92 Å². The van der Waals surface area contributed by atoms with Crippen LogP contribution in [0.1, 0.15) is 31.7 Å². The van der Waals surface area contributed by atoms with Gasteiger partial charge in [-0.25, -0.2) is 0 Å². The minimum atomic E-state index is -0.298. The Morgan fingerprint density at radius 3 is 2.81 bits per heavy atom. The molecule has 1 aromatic rings. The Morgan fingerprint density at radius 1 is 1.38 bits per heavy atom. The topological polar surface area (TPSA) is 50.7 Å². The molecule has 0 aliphatic heterocycles. The quantitative estimate of drug-likeness (QED) is 0.695. The molecule has 1 saturated carbocycles. The predicted molar refractivity (Wildman–Crippen MR) is 83.5 cm³/mol. The molecule has 1 fully saturated rings. The Kier molecular flexibility index (Phi) is 6.03. The summed E-state index contributed by atoms with van der Waals surface area (Å²) in [6.45, 7) is 4.25. The maximum absolute atomic E-state index is 9.87. The summed E-state index contributed by atoms with van der Waals surface area (Å²) in [4.78, 5) is 0. The van der Waals surface area contributed by atoms with Gasteiger partial charge in [-0.3, -0.25) is 0 Å². The van der Waals surface area contributed by atoms with Gasteiger partial charge in [0.15, 0.2) is 0 Å². The Bertz CT molecular complexity index is 434. The van der Waals surface area contributed by atoms with Gasteiger partial charge in [-0.05, 0) is 49.4 Å². The number of hydrogen-bond acceptors (Lipinski definition) is 4. The molecule has 2 rings (SSSR count). The number of aliphatic hydroxyl groups excluding tert-OH is 1. The zero-order valence-corrected chi connectivity index (χ0v) is 13.1. The van der Waals surface area contributed by atoms with Crippen LogP contribution in [-0.2, 0) is 11.3 Å². The first-order chi connectivity index (χ1) is 10.2. The average Bonchev–Trinajstić information content (AvgIpc) is 3.34. The van der Waals surface area contributed by atoms with Gasteiger partial charge in [-0.2, -0.15) is 0 Å². The van der Waals surface area contributed by atoms with Crippen molar-refractivity contribution in [2.24, 2.45) is 5.92 Å². The van der Waals surface area contributed by atoms with E-state index in [9.17, 15) is 5.11 Å². The van der Waals surface area contributed by atoms with E-state index in [0.29, 0.717) is 19.1 Å². The Hall–Kier alpha value is -1.10.